The van der Waals surface area contributed by atoms with Crippen LogP contribution in [0.3, 0.4) is 0 Å². The molecule has 1 heterocycles. The number of sulfonamides is 2. The number of rotatable bonds is 6. The van der Waals surface area contributed by atoms with Crippen molar-refractivity contribution in [3.8, 4) is 5.88 Å². The van der Waals surface area contributed by atoms with Crippen molar-refractivity contribution in [2.24, 2.45) is 10.3 Å². The first-order valence-electron chi connectivity index (χ1n) is 8.81. The molecule has 11 heteroatoms. The highest BCUT2D eigenvalue weighted by Gasteiger charge is 2.40. The first kappa shape index (κ1) is 22.4. The third-order valence-corrected chi connectivity index (χ3v) is 7.01. The SMILES string of the molecule is CCOc1ncc(C2(c3ccccc3S(N)(=O)=O)C=CC=C(S(N)(=O)=O)C2)cc1Cl. The number of nitrogens with zero attached hydrogens (tertiary/aromatic N) is 1. The summed E-state index contributed by atoms with van der Waals surface area (Å²) < 4.78 is 54.1. The van der Waals surface area contributed by atoms with E-state index in [0.29, 0.717) is 12.2 Å². The average Bonchev–Trinajstić information content (AvgIpc) is 2.68. The number of allylic oxidation sites excluding steroid dienone is 4. The average molecular weight is 470 g/mol. The number of hydrogen-bond acceptors (Lipinski definition) is 6. The Hall–Kier alpha value is -2.24. The lowest BCUT2D eigenvalue weighted by Crippen LogP contribution is -2.33. The fourth-order valence-electron chi connectivity index (χ4n) is 3.44. The van der Waals surface area contributed by atoms with Crippen molar-refractivity contribution in [1.29, 1.82) is 0 Å². The Morgan fingerprint density at radius 1 is 1.17 bits per heavy atom. The molecule has 8 nitrogen and oxygen atoms in total. The van der Waals surface area contributed by atoms with Gasteiger partial charge in [-0.05, 0) is 36.3 Å². The fourth-order valence-corrected chi connectivity index (χ4v) is 5.19. The van der Waals surface area contributed by atoms with Gasteiger partial charge >= 0.3 is 0 Å². The molecule has 1 aliphatic carbocycles. The summed E-state index contributed by atoms with van der Waals surface area (Å²) in [6, 6.07) is 7.66. The first-order valence-corrected chi connectivity index (χ1v) is 12.3. The van der Waals surface area contributed by atoms with Crippen LogP contribution in [0.1, 0.15) is 24.5 Å². The van der Waals surface area contributed by atoms with Gasteiger partial charge in [0.15, 0.2) is 0 Å². The third-order valence-electron chi connectivity index (χ3n) is 4.76. The number of pyridine rings is 1. The molecule has 4 N–H and O–H groups in total. The summed E-state index contributed by atoms with van der Waals surface area (Å²) in [6.07, 6.45) is 5.89. The van der Waals surface area contributed by atoms with Gasteiger partial charge < -0.3 is 4.74 Å². The quantitative estimate of drug-likeness (QED) is 0.663. The highest BCUT2D eigenvalue weighted by atomic mass is 35.5. The third kappa shape index (κ3) is 4.28. The van der Waals surface area contributed by atoms with Crippen LogP contribution < -0.4 is 15.0 Å². The van der Waals surface area contributed by atoms with Crippen molar-refractivity contribution < 1.29 is 21.6 Å². The van der Waals surface area contributed by atoms with Gasteiger partial charge in [-0.15, -0.1) is 0 Å². The van der Waals surface area contributed by atoms with Crippen LogP contribution in [-0.2, 0) is 25.5 Å². The predicted molar refractivity (Wildman–Crippen MR) is 114 cm³/mol. The van der Waals surface area contributed by atoms with Crippen LogP contribution in [0.15, 0.2) is 64.6 Å². The topological polar surface area (TPSA) is 142 Å². The van der Waals surface area contributed by atoms with E-state index in [-0.39, 0.29) is 32.7 Å². The Morgan fingerprint density at radius 2 is 1.87 bits per heavy atom. The summed E-state index contributed by atoms with van der Waals surface area (Å²) in [5.74, 6) is 0.208. The molecule has 0 saturated carbocycles. The minimum absolute atomic E-state index is 0.0702. The van der Waals surface area contributed by atoms with E-state index in [1.165, 1.54) is 30.5 Å². The molecule has 1 aromatic heterocycles. The molecule has 0 spiro atoms. The van der Waals surface area contributed by atoms with E-state index in [1.54, 1.807) is 31.2 Å². The van der Waals surface area contributed by atoms with Gasteiger partial charge in [0.25, 0.3) is 0 Å². The Balaban J connectivity index is 2.32. The van der Waals surface area contributed by atoms with Crippen molar-refractivity contribution in [2.45, 2.75) is 23.7 Å². The van der Waals surface area contributed by atoms with Gasteiger partial charge in [0.1, 0.15) is 5.02 Å². The Bertz CT molecular complexity index is 1260. The fraction of sp³-hybridized carbons (Fsp3) is 0.211. The number of aromatic nitrogens is 1. The standard InChI is InChI=1S/C19H20ClN3O5S2/c1-2-28-18-16(20)10-13(12-23-18)19(9-5-6-14(11-19)29(21,24)25)15-7-3-4-8-17(15)30(22,26)27/h3-10,12H,2,11H2,1H3,(H2,21,24,25)(H2,22,26,27). The Morgan fingerprint density at radius 3 is 2.47 bits per heavy atom. The molecule has 0 fully saturated rings. The van der Waals surface area contributed by atoms with Gasteiger partial charge in [-0.25, -0.2) is 32.1 Å². The molecule has 1 aromatic carbocycles. The maximum Gasteiger partial charge on any atom is 0.238 e. The van der Waals surface area contributed by atoms with E-state index >= 15 is 0 Å². The smallest absolute Gasteiger partial charge is 0.238 e. The lowest BCUT2D eigenvalue weighted by Gasteiger charge is -2.35. The highest BCUT2D eigenvalue weighted by Crippen LogP contribution is 2.45. The zero-order valence-electron chi connectivity index (χ0n) is 15.9. The van der Waals surface area contributed by atoms with E-state index in [0.717, 1.165) is 0 Å². The molecule has 0 aliphatic heterocycles. The molecule has 1 aliphatic rings. The molecule has 0 amide bonds. The molecule has 0 radical (unpaired) electrons. The number of benzene rings is 1. The molecular weight excluding hydrogens is 450 g/mol. The van der Waals surface area contributed by atoms with Crippen LogP contribution in [0.25, 0.3) is 0 Å². The summed E-state index contributed by atoms with van der Waals surface area (Å²) in [5, 5.41) is 11.0. The minimum atomic E-state index is -4.12. The van der Waals surface area contributed by atoms with Gasteiger partial charge in [-0.2, -0.15) is 0 Å². The van der Waals surface area contributed by atoms with Gasteiger partial charge in [-0.3, -0.25) is 0 Å². The number of primary sulfonamides is 2. The van der Waals surface area contributed by atoms with Gasteiger partial charge in [0.2, 0.25) is 25.9 Å². The molecule has 3 rings (SSSR count). The Kier molecular flexibility index (Phi) is 6.08. The van der Waals surface area contributed by atoms with Crippen molar-refractivity contribution in [1.82, 2.24) is 4.98 Å². The van der Waals surface area contributed by atoms with E-state index < -0.39 is 25.5 Å². The summed E-state index contributed by atoms with van der Waals surface area (Å²) in [4.78, 5) is 4.01. The molecule has 160 valence electrons. The van der Waals surface area contributed by atoms with E-state index in [2.05, 4.69) is 4.98 Å². The lowest BCUT2D eigenvalue weighted by molar-refractivity contribution is 0.326. The molecule has 0 bridgehead atoms. The maximum absolute atomic E-state index is 12.3. The summed E-state index contributed by atoms with van der Waals surface area (Å²) >= 11 is 6.32. The number of ether oxygens (including phenoxy) is 1. The normalized spacial score (nSPS) is 19.4. The highest BCUT2D eigenvalue weighted by molar-refractivity contribution is 7.93. The molecule has 2 aromatic rings. The zero-order chi connectivity index (χ0) is 22.2. The van der Waals surface area contributed by atoms with Crippen LogP contribution in [0.4, 0.5) is 0 Å². The number of nitrogens with two attached hydrogens (primary N) is 2. The van der Waals surface area contributed by atoms with Gasteiger partial charge in [0.05, 0.1) is 16.4 Å². The summed E-state index contributed by atoms with van der Waals surface area (Å²) in [7, 11) is -8.16. The molecule has 30 heavy (non-hydrogen) atoms. The minimum Gasteiger partial charge on any atom is -0.477 e. The van der Waals surface area contributed by atoms with Crippen LogP contribution in [-0.4, -0.2) is 28.4 Å². The van der Waals surface area contributed by atoms with Gasteiger partial charge in [-0.1, -0.05) is 42.0 Å². The molecule has 0 saturated heterocycles. The monoisotopic (exact) mass is 469 g/mol. The van der Waals surface area contributed by atoms with Crippen molar-refractivity contribution in [3.05, 3.63) is 75.8 Å². The first-order chi connectivity index (χ1) is 14.0. The summed E-state index contributed by atoms with van der Waals surface area (Å²) in [5.41, 5.74) is -0.515. The predicted octanol–water partition coefficient (Wildman–Crippen LogP) is 2.20. The van der Waals surface area contributed by atoms with E-state index in [4.69, 9.17) is 26.6 Å². The van der Waals surface area contributed by atoms with Crippen LogP contribution in [0.2, 0.25) is 5.02 Å². The molecular formula is C19H20ClN3O5S2. The van der Waals surface area contributed by atoms with Crippen molar-refractivity contribution >= 4 is 31.6 Å². The molecule has 1 unspecified atom stereocenters. The van der Waals surface area contributed by atoms with E-state index in [1.807, 2.05) is 0 Å². The maximum atomic E-state index is 12.3. The van der Waals surface area contributed by atoms with Gasteiger partial charge in [0, 0.05) is 18.0 Å². The Labute approximate surface area is 180 Å². The van der Waals surface area contributed by atoms with Crippen molar-refractivity contribution in [2.75, 3.05) is 6.61 Å². The van der Waals surface area contributed by atoms with E-state index in [9.17, 15) is 16.8 Å². The second kappa shape index (κ2) is 8.12. The number of halogens is 1. The molecule has 1 atom stereocenters. The summed E-state index contributed by atoms with van der Waals surface area (Å²) in [6.45, 7) is 2.13. The zero-order valence-corrected chi connectivity index (χ0v) is 18.3. The second-order valence-electron chi connectivity index (χ2n) is 6.67. The second-order valence-corrected chi connectivity index (χ2v) is 10.2. The number of hydrogen-bond donors (Lipinski definition) is 2. The van der Waals surface area contributed by atoms with Crippen LogP contribution in [0, 0.1) is 0 Å². The largest absolute Gasteiger partial charge is 0.477 e. The lowest BCUT2D eigenvalue weighted by atomic mass is 9.70. The van der Waals surface area contributed by atoms with Crippen molar-refractivity contribution in [3.63, 3.8) is 0 Å². The van der Waals surface area contributed by atoms with Crippen LogP contribution in [0.5, 0.6) is 5.88 Å². The van der Waals surface area contributed by atoms with Crippen LogP contribution >= 0.6 is 11.6 Å².